The van der Waals surface area contributed by atoms with E-state index in [2.05, 4.69) is 0 Å². The fourth-order valence-electron chi connectivity index (χ4n) is 1.55. The van der Waals surface area contributed by atoms with Crippen LogP contribution in [0.2, 0.25) is 0 Å². The van der Waals surface area contributed by atoms with Crippen LogP contribution >= 0.6 is 0 Å². The molecule has 0 amide bonds. The van der Waals surface area contributed by atoms with Gasteiger partial charge in [0.25, 0.3) is 0 Å². The van der Waals surface area contributed by atoms with Gasteiger partial charge in [-0.2, -0.15) is 0 Å². The van der Waals surface area contributed by atoms with Crippen molar-refractivity contribution in [1.82, 2.24) is 0 Å². The molecule has 0 aliphatic heterocycles. The Balaban J connectivity index is 2.52. The molecular formula is C12H10O5. The molecule has 17 heavy (non-hydrogen) atoms. The van der Waals surface area contributed by atoms with Crippen molar-refractivity contribution in [1.29, 1.82) is 0 Å². The minimum atomic E-state index is -1.02. The van der Waals surface area contributed by atoms with Gasteiger partial charge < -0.3 is 19.4 Å². The molecule has 2 aromatic rings. The summed E-state index contributed by atoms with van der Waals surface area (Å²) >= 11 is 0. The number of ether oxygens (including phenoxy) is 1. The second-order valence-electron chi connectivity index (χ2n) is 3.37. The molecule has 0 spiro atoms. The van der Waals surface area contributed by atoms with Crippen LogP contribution in [0.15, 0.2) is 28.7 Å². The zero-order chi connectivity index (χ0) is 12.4. The molecule has 0 atom stereocenters. The highest BCUT2D eigenvalue weighted by Crippen LogP contribution is 2.38. The van der Waals surface area contributed by atoms with Gasteiger partial charge in [0.2, 0.25) is 5.75 Å². The molecule has 2 N–H and O–H groups in total. The molecule has 88 valence electrons. The lowest BCUT2D eigenvalue weighted by Gasteiger charge is -1.96. The normalized spacial score (nSPS) is 11.1. The van der Waals surface area contributed by atoms with Crippen LogP contribution < -0.4 is 4.74 Å². The van der Waals surface area contributed by atoms with Crippen LogP contribution in [0.1, 0.15) is 5.56 Å². The summed E-state index contributed by atoms with van der Waals surface area (Å²) in [5.74, 6) is -1.07. The number of aliphatic carboxylic acids is 1. The Hall–Kier alpha value is -2.43. The number of carbonyl (C=O) groups is 1. The third kappa shape index (κ3) is 2.08. The first-order valence-electron chi connectivity index (χ1n) is 4.82. The highest BCUT2D eigenvalue weighted by atomic mass is 16.5. The molecule has 1 aromatic heterocycles. The summed E-state index contributed by atoms with van der Waals surface area (Å²) in [6.45, 7) is 0. The Morgan fingerprint density at radius 1 is 1.47 bits per heavy atom. The molecule has 0 bridgehead atoms. The third-order valence-corrected chi connectivity index (χ3v) is 2.27. The van der Waals surface area contributed by atoms with E-state index in [0.29, 0.717) is 16.5 Å². The molecule has 0 aliphatic carbocycles. The van der Waals surface area contributed by atoms with Crippen molar-refractivity contribution in [3.63, 3.8) is 0 Å². The van der Waals surface area contributed by atoms with Gasteiger partial charge in [-0.05, 0) is 23.8 Å². The van der Waals surface area contributed by atoms with E-state index in [4.69, 9.17) is 14.3 Å². The van der Waals surface area contributed by atoms with Crippen LogP contribution in [0.5, 0.6) is 11.7 Å². The Morgan fingerprint density at radius 3 is 2.88 bits per heavy atom. The largest absolute Gasteiger partial charge is 0.489 e. The number of carboxylic acid groups (broad SMARTS) is 1. The number of methoxy groups -OCH3 is 1. The molecular weight excluding hydrogens is 224 g/mol. The number of benzene rings is 1. The topological polar surface area (TPSA) is 79.9 Å². The van der Waals surface area contributed by atoms with Gasteiger partial charge >= 0.3 is 11.9 Å². The molecule has 5 heteroatoms. The summed E-state index contributed by atoms with van der Waals surface area (Å²) in [4.78, 5) is 10.4. The summed E-state index contributed by atoms with van der Waals surface area (Å²) in [7, 11) is 1.42. The average molecular weight is 234 g/mol. The zero-order valence-corrected chi connectivity index (χ0v) is 9.01. The summed E-state index contributed by atoms with van der Waals surface area (Å²) in [6.07, 6.45) is 2.48. The molecule has 0 saturated carbocycles. The van der Waals surface area contributed by atoms with Gasteiger partial charge in [0.05, 0.1) is 12.5 Å². The Morgan fingerprint density at radius 2 is 2.24 bits per heavy atom. The van der Waals surface area contributed by atoms with E-state index in [9.17, 15) is 9.90 Å². The maximum Gasteiger partial charge on any atom is 0.328 e. The van der Waals surface area contributed by atoms with E-state index in [1.807, 2.05) is 0 Å². The number of aromatic hydroxyl groups is 1. The van der Waals surface area contributed by atoms with Gasteiger partial charge in [0.1, 0.15) is 5.58 Å². The zero-order valence-electron chi connectivity index (χ0n) is 9.01. The summed E-state index contributed by atoms with van der Waals surface area (Å²) in [6, 6.07) is 5.00. The number of fused-ring (bicyclic) bond motifs is 1. The Bertz CT molecular complexity index is 594. The van der Waals surface area contributed by atoms with Gasteiger partial charge in [0.15, 0.2) is 0 Å². The molecule has 0 fully saturated rings. The molecule has 5 nitrogen and oxygen atoms in total. The average Bonchev–Trinajstić information content (AvgIpc) is 2.61. The molecule has 1 heterocycles. The van der Waals surface area contributed by atoms with E-state index < -0.39 is 5.97 Å². The van der Waals surface area contributed by atoms with Gasteiger partial charge in [-0.25, -0.2) is 4.79 Å². The Kier molecular flexibility index (Phi) is 2.74. The predicted octanol–water partition coefficient (Wildman–Crippen LogP) is 2.24. The van der Waals surface area contributed by atoms with Crippen LogP contribution in [0.25, 0.3) is 17.0 Å². The van der Waals surface area contributed by atoms with Crippen LogP contribution in [0.4, 0.5) is 0 Å². The van der Waals surface area contributed by atoms with E-state index in [-0.39, 0.29) is 11.7 Å². The maximum absolute atomic E-state index is 10.4. The maximum atomic E-state index is 10.4. The fraction of sp³-hybridized carbons (Fsp3) is 0.0833. The summed E-state index contributed by atoms with van der Waals surface area (Å²) in [5.41, 5.74) is 1.16. The van der Waals surface area contributed by atoms with Crippen molar-refractivity contribution in [2.24, 2.45) is 0 Å². The highest BCUT2D eigenvalue weighted by molar-refractivity contribution is 5.90. The number of carboxylic acids is 1. The fourth-order valence-corrected chi connectivity index (χ4v) is 1.55. The molecule has 2 rings (SSSR count). The summed E-state index contributed by atoms with van der Waals surface area (Å²) < 4.78 is 10.1. The van der Waals surface area contributed by atoms with Crippen molar-refractivity contribution in [3.8, 4) is 11.7 Å². The quantitative estimate of drug-likeness (QED) is 0.796. The minimum Gasteiger partial charge on any atom is -0.489 e. The third-order valence-electron chi connectivity index (χ3n) is 2.27. The monoisotopic (exact) mass is 234 g/mol. The van der Waals surface area contributed by atoms with Crippen molar-refractivity contribution in [2.75, 3.05) is 7.11 Å². The van der Waals surface area contributed by atoms with Crippen LogP contribution in [0.3, 0.4) is 0 Å². The molecule has 0 saturated heterocycles. The van der Waals surface area contributed by atoms with Crippen molar-refractivity contribution >= 4 is 23.0 Å². The Labute approximate surface area is 96.5 Å². The lowest BCUT2D eigenvalue weighted by Crippen LogP contribution is -1.85. The first kappa shape index (κ1) is 11.1. The van der Waals surface area contributed by atoms with Gasteiger partial charge in [-0.1, -0.05) is 6.07 Å². The van der Waals surface area contributed by atoms with E-state index in [1.165, 1.54) is 13.2 Å². The van der Waals surface area contributed by atoms with Gasteiger partial charge in [0, 0.05) is 6.08 Å². The summed E-state index contributed by atoms with van der Waals surface area (Å²) in [5, 5.41) is 18.6. The second-order valence-corrected chi connectivity index (χ2v) is 3.37. The van der Waals surface area contributed by atoms with Crippen molar-refractivity contribution in [3.05, 3.63) is 29.8 Å². The molecule has 0 aliphatic rings. The van der Waals surface area contributed by atoms with E-state index >= 15 is 0 Å². The van der Waals surface area contributed by atoms with Gasteiger partial charge in [-0.3, -0.25) is 0 Å². The standard InChI is InChI=1S/C12H10O5/c1-16-11-8-6-7(3-5-10(13)14)2-4-9(8)17-12(11)15/h2-6,15H,1H3,(H,13,14)/b5-3+. The van der Waals surface area contributed by atoms with E-state index in [1.54, 1.807) is 18.2 Å². The lowest BCUT2D eigenvalue weighted by molar-refractivity contribution is -0.131. The predicted molar refractivity (Wildman–Crippen MR) is 61.1 cm³/mol. The van der Waals surface area contributed by atoms with Crippen molar-refractivity contribution in [2.45, 2.75) is 0 Å². The highest BCUT2D eigenvalue weighted by Gasteiger charge is 2.13. The number of hydrogen-bond donors (Lipinski definition) is 2. The van der Waals surface area contributed by atoms with Crippen molar-refractivity contribution < 1.29 is 24.2 Å². The SMILES string of the molecule is COc1c(O)oc2ccc(/C=C/C(=O)O)cc12. The second kappa shape index (κ2) is 4.21. The van der Waals surface area contributed by atoms with E-state index in [0.717, 1.165) is 6.08 Å². The van der Waals surface area contributed by atoms with Crippen LogP contribution in [0, 0.1) is 0 Å². The molecule has 0 unspecified atom stereocenters. The number of rotatable bonds is 3. The first-order valence-corrected chi connectivity index (χ1v) is 4.82. The first-order chi connectivity index (χ1) is 8.11. The minimum absolute atomic E-state index is 0.241. The van der Waals surface area contributed by atoms with Crippen LogP contribution in [-0.4, -0.2) is 23.3 Å². The number of furan rings is 1. The molecule has 1 aromatic carbocycles. The lowest BCUT2D eigenvalue weighted by atomic mass is 10.1. The smallest absolute Gasteiger partial charge is 0.328 e. The van der Waals surface area contributed by atoms with Gasteiger partial charge in [-0.15, -0.1) is 0 Å². The molecule has 0 radical (unpaired) electrons. The van der Waals surface area contributed by atoms with Crippen LogP contribution in [-0.2, 0) is 4.79 Å². The number of hydrogen-bond acceptors (Lipinski definition) is 4.